The van der Waals surface area contributed by atoms with Gasteiger partial charge in [-0.25, -0.2) is 0 Å². The van der Waals surface area contributed by atoms with Crippen molar-refractivity contribution in [2.24, 2.45) is 0 Å². The third-order valence-corrected chi connectivity index (χ3v) is 3.51. The zero-order chi connectivity index (χ0) is 14.2. The van der Waals surface area contributed by atoms with Gasteiger partial charge in [-0.1, -0.05) is 0 Å². The topological polar surface area (TPSA) is 108 Å². The van der Waals surface area contributed by atoms with Gasteiger partial charge in [-0.2, -0.15) is 0 Å². The molecule has 106 valence electrons. The summed E-state index contributed by atoms with van der Waals surface area (Å²) in [6.45, 7) is 3.57. The molecule has 4 atom stereocenters. The van der Waals surface area contributed by atoms with Crippen LogP contribution < -0.4 is 11.1 Å². The van der Waals surface area contributed by atoms with E-state index in [-0.39, 0.29) is 6.61 Å². The average molecular weight is 268 g/mol. The standard InChI is InChI=1S/C13H20N2O4/c1-6-3-8(14)9(4-7(6)2)15-13-12(18)11(17)10(5-16)19-13/h3-4,10-13,15-18H,5,14H2,1-2H3/t10-,11+,12-,13+/m0/s1. The highest BCUT2D eigenvalue weighted by atomic mass is 16.6. The molecule has 1 saturated heterocycles. The molecule has 2 rings (SSSR count). The molecule has 1 fully saturated rings. The van der Waals surface area contributed by atoms with Crippen molar-refractivity contribution in [2.75, 3.05) is 17.7 Å². The summed E-state index contributed by atoms with van der Waals surface area (Å²) < 4.78 is 5.35. The fourth-order valence-corrected chi connectivity index (χ4v) is 2.14. The number of hydrogen-bond acceptors (Lipinski definition) is 6. The van der Waals surface area contributed by atoms with Crippen LogP contribution in [0.15, 0.2) is 12.1 Å². The maximum atomic E-state index is 9.85. The number of anilines is 2. The molecule has 0 aromatic heterocycles. The van der Waals surface area contributed by atoms with Gasteiger partial charge in [0.15, 0.2) is 6.23 Å². The first-order valence-corrected chi connectivity index (χ1v) is 6.19. The lowest BCUT2D eigenvalue weighted by molar-refractivity contribution is -0.0153. The predicted molar refractivity (Wildman–Crippen MR) is 71.7 cm³/mol. The Balaban J connectivity index is 2.16. The van der Waals surface area contributed by atoms with Crippen LogP contribution in [0.25, 0.3) is 0 Å². The number of hydrogen-bond donors (Lipinski definition) is 5. The summed E-state index contributed by atoms with van der Waals surface area (Å²) >= 11 is 0. The van der Waals surface area contributed by atoms with Gasteiger partial charge in [-0.05, 0) is 37.1 Å². The third-order valence-electron chi connectivity index (χ3n) is 3.51. The van der Waals surface area contributed by atoms with E-state index in [4.69, 9.17) is 15.6 Å². The number of rotatable bonds is 3. The first-order valence-electron chi connectivity index (χ1n) is 6.19. The van der Waals surface area contributed by atoms with Crippen LogP contribution in [0, 0.1) is 13.8 Å². The van der Waals surface area contributed by atoms with E-state index in [1.54, 1.807) is 0 Å². The Morgan fingerprint density at radius 2 is 1.84 bits per heavy atom. The number of benzene rings is 1. The van der Waals surface area contributed by atoms with Gasteiger partial charge in [0.05, 0.1) is 18.0 Å². The number of aliphatic hydroxyl groups is 3. The van der Waals surface area contributed by atoms with Crippen molar-refractivity contribution < 1.29 is 20.1 Å². The van der Waals surface area contributed by atoms with Gasteiger partial charge in [0, 0.05) is 0 Å². The van der Waals surface area contributed by atoms with E-state index in [9.17, 15) is 10.2 Å². The number of nitrogens with two attached hydrogens (primary N) is 1. The lowest BCUT2D eigenvalue weighted by Gasteiger charge is -2.20. The minimum atomic E-state index is -1.12. The third kappa shape index (κ3) is 2.66. The molecule has 1 heterocycles. The smallest absolute Gasteiger partial charge is 0.157 e. The summed E-state index contributed by atoms with van der Waals surface area (Å²) in [6, 6.07) is 3.69. The monoisotopic (exact) mass is 268 g/mol. The molecule has 0 bridgehead atoms. The summed E-state index contributed by atoms with van der Waals surface area (Å²) in [5, 5.41) is 31.5. The lowest BCUT2D eigenvalue weighted by Crippen LogP contribution is -2.36. The number of ether oxygens (including phenoxy) is 1. The summed E-state index contributed by atoms with van der Waals surface area (Å²) in [5.41, 5.74) is 9.22. The van der Waals surface area contributed by atoms with Crippen molar-refractivity contribution >= 4 is 11.4 Å². The minimum absolute atomic E-state index is 0.348. The first-order chi connectivity index (χ1) is 8.93. The van der Waals surface area contributed by atoms with E-state index in [0.29, 0.717) is 11.4 Å². The summed E-state index contributed by atoms with van der Waals surface area (Å²) in [7, 11) is 0. The first kappa shape index (κ1) is 14.1. The molecule has 1 aliphatic rings. The number of aryl methyl sites for hydroxylation is 2. The van der Waals surface area contributed by atoms with Gasteiger partial charge in [-0.3, -0.25) is 0 Å². The Labute approximate surface area is 111 Å². The van der Waals surface area contributed by atoms with Gasteiger partial charge in [0.2, 0.25) is 0 Å². The van der Waals surface area contributed by atoms with Gasteiger partial charge in [0.1, 0.15) is 18.3 Å². The largest absolute Gasteiger partial charge is 0.397 e. The zero-order valence-corrected chi connectivity index (χ0v) is 11.0. The van der Waals surface area contributed by atoms with Crippen molar-refractivity contribution in [3.8, 4) is 0 Å². The van der Waals surface area contributed by atoms with Crippen molar-refractivity contribution in [1.82, 2.24) is 0 Å². The Hall–Kier alpha value is -1.34. The van der Waals surface area contributed by atoms with Crippen LogP contribution in [-0.4, -0.2) is 46.5 Å². The summed E-state index contributed by atoms with van der Waals surface area (Å²) in [6.07, 6.45) is -3.81. The quantitative estimate of drug-likeness (QED) is 0.483. The van der Waals surface area contributed by atoms with Crippen molar-refractivity contribution in [1.29, 1.82) is 0 Å². The molecule has 19 heavy (non-hydrogen) atoms. The van der Waals surface area contributed by atoms with Gasteiger partial charge >= 0.3 is 0 Å². The van der Waals surface area contributed by atoms with E-state index < -0.39 is 24.5 Å². The van der Waals surface area contributed by atoms with E-state index >= 15 is 0 Å². The van der Waals surface area contributed by atoms with Crippen LogP contribution in [0.5, 0.6) is 0 Å². The van der Waals surface area contributed by atoms with E-state index in [0.717, 1.165) is 11.1 Å². The number of nitrogens with one attached hydrogen (secondary N) is 1. The molecule has 6 nitrogen and oxygen atoms in total. The molecule has 0 radical (unpaired) electrons. The van der Waals surface area contributed by atoms with Crippen LogP contribution >= 0.6 is 0 Å². The minimum Gasteiger partial charge on any atom is -0.397 e. The molecule has 0 amide bonds. The van der Waals surface area contributed by atoms with Crippen LogP contribution in [0.4, 0.5) is 11.4 Å². The molecule has 0 aliphatic carbocycles. The molecule has 0 saturated carbocycles. The second-order valence-electron chi connectivity index (χ2n) is 4.93. The second-order valence-corrected chi connectivity index (χ2v) is 4.93. The number of nitrogen functional groups attached to an aromatic ring is 1. The van der Waals surface area contributed by atoms with Crippen molar-refractivity contribution in [3.05, 3.63) is 23.3 Å². The van der Waals surface area contributed by atoms with Crippen LogP contribution in [0.1, 0.15) is 11.1 Å². The molecule has 1 aromatic carbocycles. The summed E-state index contributed by atoms with van der Waals surface area (Å²) in [5.74, 6) is 0. The van der Waals surface area contributed by atoms with Crippen LogP contribution in [0.3, 0.4) is 0 Å². The highest BCUT2D eigenvalue weighted by Gasteiger charge is 2.42. The lowest BCUT2D eigenvalue weighted by atomic mass is 10.1. The van der Waals surface area contributed by atoms with Gasteiger partial charge in [0.25, 0.3) is 0 Å². The molecule has 1 aromatic rings. The molecule has 6 heteroatoms. The maximum absolute atomic E-state index is 9.85. The van der Waals surface area contributed by atoms with E-state index in [1.807, 2.05) is 26.0 Å². The Morgan fingerprint density at radius 3 is 2.42 bits per heavy atom. The highest BCUT2D eigenvalue weighted by molar-refractivity contribution is 5.68. The Bertz CT molecular complexity index is 466. The fraction of sp³-hybridized carbons (Fsp3) is 0.538. The second kappa shape index (κ2) is 5.34. The fourth-order valence-electron chi connectivity index (χ4n) is 2.14. The van der Waals surface area contributed by atoms with Crippen molar-refractivity contribution in [3.63, 3.8) is 0 Å². The van der Waals surface area contributed by atoms with E-state index in [2.05, 4.69) is 5.32 Å². The summed E-state index contributed by atoms with van der Waals surface area (Å²) in [4.78, 5) is 0. The van der Waals surface area contributed by atoms with Gasteiger partial charge in [-0.15, -0.1) is 0 Å². The number of aliphatic hydroxyl groups excluding tert-OH is 3. The Kier molecular flexibility index (Phi) is 3.96. The molecular formula is C13H20N2O4. The highest BCUT2D eigenvalue weighted by Crippen LogP contribution is 2.28. The maximum Gasteiger partial charge on any atom is 0.157 e. The van der Waals surface area contributed by atoms with Crippen LogP contribution in [-0.2, 0) is 4.74 Å². The van der Waals surface area contributed by atoms with Crippen molar-refractivity contribution in [2.45, 2.75) is 38.4 Å². The van der Waals surface area contributed by atoms with Gasteiger partial charge < -0.3 is 31.1 Å². The Morgan fingerprint density at radius 1 is 1.21 bits per heavy atom. The zero-order valence-electron chi connectivity index (χ0n) is 11.0. The average Bonchev–Trinajstić information content (AvgIpc) is 2.63. The van der Waals surface area contributed by atoms with Crippen LogP contribution in [0.2, 0.25) is 0 Å². The predicted octanol–water partition coefficient (Wildman–Crippen LogP) is -0.263. The molecule has 0 spiro atoms. The van der Waals surface area contributed by atoms with E-state index in [1.165, 1.54) is 0 Å². The molecular weight excluding hydrogens is 248 g/mol. The normalized spacial score (nSPS) is 30.6. The molecule has 0 unspecified atom stereocenters. The molecule has 1 aliphatic heterocycles. The SMILES string of the molecule is Cc1cc(N)c(N[C@@H]2O[C@@H](CO)[C@@H](O)[C@@H]2O)cc1C. The molecule has 6 N–H and O–H groups in total.